The molecule has 0 saturated carbocycles. The molecular weight excluding hydrogens is 417 g/mol. The molecule has 1 heterocycles. The summed E-state index contributed by atoms with van der Waals surface area (Å²) in [6, 6.07) is 37.6. The average Bonchev–Trinajstić information content (AvgIpc) is 3.20. The van der Waals surface area contributed by atoms with Crippen LogP contribution in [-0.4, -0.2) is 21.7 Å². The van der Waals surface area contributed by atoms with Gasteiger partial charge in [0.15, 0.2) is 0 Å². The van der Waals surface area contributed by atoms with Crippen LogP contribution in [0.25, 0.3) is 60.9 Å². The standard InChI is InChI=1S/C30H20BNO2/c33-31(34)26-14-7-13-24-23-12-6-11-21(29(23)30(24)26)19-16-17-28-25(18-19)22-10-4-5-15-27(22)32(28)20-8-2-1-3-9-20/h1-18,33-34H. The van der Waals surface area contributed by atoms with E-state index in [9.17, 15) is 10.0 Å². The predicted octanol–water partition coefficient (Wildman–Crippen LogP) is 5.78. The highest BCUT2D eigenvalue weighted by molar-refractivity contribution is 6.61. The number of benzene rings is 5. The lowest BCUT2D eigenvalue weighted by molar-refractivity contribution is 0.426. The Morgan fingerprint density at radius 2 is 1.21 bits per heavy atom. The number of fused-ring (bicyclic) bond motifs is 7. The lowest BCUT2D eigenvalue weighted by Gasteiger charge is -2.29. The fourth-order valence-corrected chi connectivity index (χ4v) is 5.51. The topological polar surface area (TPSA) is 45.4 Å². The zero-order valence-electron chi connectivity index (χ0n) is 18.3. The summed E-state index contributed by atoms with van der Waals surface area (Å²) in [4.78, 5) is 0. The molecule has 0 unspecified atom stereocenters. The summed E-state index contributed by atoms with van der Waals surface area (Å²) in [5.41, 5.74) is 10.5. The molecule has 160 valence electrons. The van der Waals surface area contributed by atoms with E-state index in [0.717, 1.165) is 44.6 Å². The molecule has 3 nitrogen and oxygen atoms in total. The van der Waals surface area contributed by atoms with Crippen molar-refractivity contribution in [3.05, 3.63) is 109 Å². The number of nitrogens with zero attached hydrogens (tertiary/aromatic N) is 1. The van der Waals surface area contributed by atoms with E-state index in [2.05, 4.69) is 89.5 Å². The molecule has 0 atom stereocenters. The third kappa shape index (κ3) is 2.61. The van der Waals surface area contributed by atoms with Crippen LogP contribution in [-0.2, 0) is 0 Å². The monoisotopic (exact) mass is 437 g/mol. The zero-order chi connectivity index (χ0) is 22.8. The van der Waals surface area contributed by atoms with Crippen molar-refractivity contribution in [1.29, 1.82) is 0 Å². The molecule has 4 heteroatoms. The molecule has 5 aromatic carbocycles. The van der Waals surface area contributed by atoms with Gasteiger partial charge in [-0.3, -0.25) is 0 Å². The van der Waals surface area contributed by atoms with E-state index in [1.54, 1.807) is 6.07 Å². The van der Waals surface area contributed by atoms with Gasteiger partial charge in [0.2, 0.25) is 0 Å². The van der Waals surface area contributed by atoms with Crippen molar-refractivity contribution in [3.8, 4) is 39.1 Å². The first kappa shape index (κ1) is 19.4. The SMILES string of the molecule is OB(O)c1cccc2c1-c1c(-c3ccc4c(c3)c3ccccc3n4-c3ccccc3)cccc1-2. The van der Waals surface area contributed by atoms with Crippen LogP contribution in [0.15, 0.2) is 109 Å². The summed E-state index contributed by atoms with van der Waals surface area (Å²) in [5, 5.41) is 22.4. The van der Waals surface area contributed by atoms with Crippen LogP contribution in [0.4, 0.5) is 0 Å². The normalized spacial score (nSPS) is 11.8. The van der Waals surface area contributed by atoms with Gasteiger partial charge in [-0.1, -0.05) is 78.9 Å². The minimum atomic E-state index is -1.50. The molecule has 6 aromatic rings. The van der Waals surface area contributed by atoms with Gasteiger partial charge in [0.1, 0.15) is 0 Å². The molecule has 0 saturated heterocycles. The van der Waals surface area contributed by atoms with Crippen molar-refractivity contribution in [2.24, 2.45) is 0 Å². The highest BCUT2D eigenvalue weighted by Gasteiger charge is 2.31. The minimum absolute atomic E-state index is 0.555. The summed E-state index contributed by atoms with van der Waals surface area (Å²) >= 11 is 0. The molecular formula is C30H20BNO2. The van der Waals surface area contributed by atoms with Gasteiger partial charge in [-0.25, -0.2) is 0 Å². The molecule has 7 rings (SSSR count). The Bertz CT molecular complexity index is 1730. The van der Waals surface area contributed by atoms with Crippen molar-refractivity contribution in [1.82, 2.24) is 4.57 Å². The van der Waals surface area contributed by atoms with E-state index < -0.39 is 7.12 Å². The van der Waals surface area contributed by atoms with Gasteiger partial charge in [0, 0.05) is 16.5 Å². The van der Waals surface area contributed by atoms with Gasteiger partial charge in [-0.15, -0.1) is 0 Å². The molecule has 1 aliphatic carbocycles. The fraction of sp³-hybridized carbons (Fsp3) is 0. The maximum atomic E-state index is 9.97. The quantitative estimate of drug-likeness (QED) is 0.345. The highest BCUT2D eigenvalue weighted by Crippen LogP contribution is 2.51. The summed E-state index contributed by atoms with van der Waals surface area (Å²) < 4.78 is 2.31. The number of rotatable bonds is 3. The Morgan fingerprint density at radius 1 is 0.529 bits per heavy atom. The van der Waals surface area contributed by atoms with E-state index in [1.807, 2.05) is 18.2 Å². The van der Waals surface area contributed by atoms with Crippen molar-refractivity contribution in [2.75, 3.05) is 0 Å². The average molecular weight is 437 g/mol. The van der Waals surface area contributed by atoms with E-state index in [1.165, 1.54) is 16.3 Å². The van der Waals surface area contributed by atoms with Gasteiger partial charge in [-0.05, 0) is 69.2 Å². The van der Waals surface area contributed by atoms with Crippen molar-refractivity contribution in [3.63, 3.8) is 0 Å². The molecule has 1 aromatic heterocycles. The summed E-state index contributed by atoms with van der Waals surface area (Å²) in [7, 11) is -1.50. The molecule has 0 amide bonds. The maximum absolute atomic E-state index is 9.97. The Kier molecular flexibility index (Phi) is 4.10. The number of hydrogen-bond acceptors (Lipinski definition) is 2. The largest absolute Gasteiger partial charge is 0.489 e. The number of hydrogen-bond donors (Lipinski definition) is 2. The second-order valence-electron chi connectivity index (χ2n) is 8.79. The van der Waals surface area contributed by atoms with E-state index in [4.69, 9.17) is 0 Å². The predicted molar refractivity (Wildman–Crippen MR) is 140 cm³/mol. The van der Waals surface area contributed by atoms with Crippen molar-refractivity contribution in [2.45, 2.75) is 0 Å². The maximum Gasteiger partial charge on any atom is 0.489 e. The van der Waals surface area contributed by atoms with Gasteiger partial charge < -0.3 is 14.6 Å². The van der Waals surface area contributed by atoms with Gasteiger partial charge in [0.25, 0.3) is 0 Å². The molecule has 1 aliphatic rings. The van der Waals surface area contributed by atoms with Crippen LogP contribution in [0.5, 0.6) is 0 Å². The molecule has 34 heavy (non-hydrogen) atoms. The summed E-state index contributed by atoms with van der Waals surface area (Å²) in [6.45, 7) is 0. The Balaban J connectivity index is 1.48. The number of aromatic nitrogens is 1. The van der Waals surface area contributed by atoms with Gasteiger partial charge in [0.05, 0.1) is 11.0 Å². The first-order valence-corrected chi connectivity index (χ1v) is 11.4. The van der Waals surface area contributed by atoms with Crippen LogP contribution in [0.2, 0.25) is 0 Å². The lowest BCUT2D eigenvalue weighted by Crippen LogP contribution is -2.33. The first-order chi connectivity index (χ1) is 16.7. The van der Waals surface area contributed by atoms with Crippen LogP contribution in [0.3, 0.4) is 0 Å². The molecule has 0 spiro atoms. The third-order valence-electron chi connectivity index (χ3n) is 6.98. The van der Waals surface area contributed by atoms with E-state index >= 15 is 0 Å². The Morgan fingerprint density at radius 3 is 2.03 bits per heavy atom. The second kappa shape index (κ2) is 7.19. The fourth-order valence-electron chi connectivity index (χ4n) is 5.51. The third-order valence-corrected chi connectivity index (χ3v) is 6.98. The Hall–Kier alpha value is -4.12. The van der Waals surface area contributed by atoms with E-state index in [-0.39, 0.29) is 0 Å². The molecule has 0 aliphatic heterocycles. The smallest absolute Gasteiger partial charge is 0.423 e. The van der Waals surface area contributed by atoms with E-state index in [0.29, 0.717) is 5.46 Å². The van der Waals surface area contributed by atoms with Gasteiger partial charge >= 0.3 is 7.12 Å². The molecule has 0 radical (unpaired) electrons. The lowest BCUT2D eigenvalue weighted by atomic mass is 9.66. The van der Waals surface area contributed by atoms with Crippen LogP contribution in [0, 0.1) is 0 Å². The highest BCUT2D eigenvalue weighted by atomic mass is 16.4. The summed E-state index contributed by atoms with van der Waals surface area (Å²) in [5.74, 6) is 0. The summed E-state index contributed by atoms with van der Waals surface area (Å²) in [6.07, 6.45) is 0. The molecule has 2 N–H and O–H groups in total. The first-order valence-electron chi connectivity index (χ1n) is 11.4. The molecule has 0 fully saturated rings. The van der Waals surface area contributed by atoms with Crippen LogP contribution < -0.4 is 5.46 Å². The zero-order valence-corrected chi connectivity index (χ0v) is 18.3. The van der Waals surface area contributed by atoms with Crippen LogP contribution in [0.1, 0.15) is 0 Å². The molecule has 0 bridgehead atoms. The second-order valence-corrected chi connectivity index (χ2v) is 8.79. The minimum Gasteiger partial charge on any atom is -0.423 e. The van der Waals surface area contributed by atoms with Crippen LogP contribution >= 0.6 is 0 Å². The van der Waals surface area contributed by atoms with Crippen molar-refractivity contribution >= 4 is 34.4 Å². The Labute approximate surface area is 197 Å². The number of para-hydroxylation sites is 2. The van der Waals surface area contributed by atoms with Gasteiger partial charge in [-0.2, -0.15) is 0 Å². The van der Waals surface area contributed by atoms with Crippen molar-refractivity contribution < 1.29 is 10.0 Å².